The molecule has 0 spiro atoms. The predicted octanol–water partition coefficient (Wildman–Crippen LogP) is 2.31. The van der Waals surface area contributed by atoms with Crippen LogP contribution in [0, 0.1) is 0 Å². The number of carbonyl (C=O) groups is 3. The van der Waals surface area contributed by atoms with Crippen molar-refractivity contribution in [1.29, 1.82) is 0 Å². The van der Waals surface area contributed by atoms with E-state index in [2.05, 4.69) is 33.7 Å². The molecule has 4 rings (SSSR count). The lowest BCUT2D eigenvalue weighted by Crippen LogP contribution is -2.34. The highest BCUT2D eigenvalue weighted by molar-refractivity contribution is 6.20. The Hall–Kier alpha value is -3.55. The van der Waals surface area contributed by atoms with Gasteiger partial charge in [-0.1, -0.05) is 12.1 Å². The third-order valence-electron chi connectivity index (χ3n) is 4.92. The van der Waals surface area contributed by atoms with Gasteiger partial charge in [-0.3, -0.25) is 24.3 Å². The first-order chi connectivity index (χ1) is 14.0. The van der Waals surface area contributed by atoms with Gasteiger partial charge in [-0.05, 0) is 38.1 Å². The third-order valence-corrected chi connectivity index (χ3v) is 4.92. The van der Waals surface area contributed by atoms with E-state index < -0.39 is 11.8 Å². The normalized spacial score (nSPS) is 13.4. The predicted molar refractivity (Wildman–Crippen MR) is 106 cm³/mol. The summed E-state index contributed by atoms with van der Waals surface area (Å²) in [7, 11) is 0. The zero-order valence-electron chi connectivity index (χ0n) is 16.3. The molecule has 8 nitrogen and oxygen atoms in total. The van der Waals surface area contributed by atoms with Crippen molar-refractivity contribution < 1.29 is 14.4 Å². The van der Waals surface area contributed by atoms with Gasteiger partial charge in [0.2, 0.25) is 5.91 Å². The number of pyridine rings is 1. The minimum absolute atomic E-state index is 0.0143. The molecule has 0 bridgehead atoms. The molecule has 1 aromatic carbocycles. The fraction of sp³-hybridized carbons (Fsp3) is 0.286. The van der Waals surface area contributed by atoms with Crippen molar-refractivity contribution in [3.63, 3.8) is 0 Å². The van der Waals surface area contributed by atoms with E-state index in [9.17, 15) is 14.4 Å². The number of carbonyl (C=O) groups excluding carboxylic acids is 3. The minimum Gasteiger partial charge on any atom is -0.349 e. The number of amides is 3. The number of nitrogens with one attached hydrogen (secondary N) is 1. The maximum absolute atomic E-state index is 12.3. The molecular formula is C21H21N5O3. The monoisotopic (exact) mass is 391 g/mol. The second-order valence-electron chi connectivity index (χ2n) is 7.17. The molecule has 1 aliphatic rings. The lowest BCUT2D eigenvalue weighted by atomic mass is 10.2. The molecule has 3 aromatic rings. The number of nitrogens with zero attached hydrogens (tertiary/aromatic N) is 4. The van der Waals surface area contributed by atoms with E-state index in [-0.39, 0.29) is 42.7 Å². The highest BCUT2D eigenvalue weighted by Gasteiger charge is 2.36. The number of fused-ring (bicyclic) bond motifs is 2. The Morgan fingerprint density at radius 1 is 1.10 bits per heavy atom. The van der Waals surface area contributed by atoms with E-state index >= 15 is 0 Å². The SMILES string of the molecule is CC(C)n1c(CNC(=O)CCN2C(=O)c3cccnc3C2=O)nc2ccccc21. The molecule has 0 fully saturated rings. The number of para-hydroxylation sites is 2. The van der Waals surface area contributed by atoms with E-state index in [0.29, 0.717) is 0 Å². The molecule has 148 valence electrons. The first-order valence-corrected chi connectivity index (χ1v) is 9.51. The number of imide groups is 1. The number of hydrogen-bond acceptors (Lipinski definition) is 5. The van der Waals surface area contributed by atoms with Gasteiger partial charge in [-0.2, -0.15) is 0 Å². The van der Waals surface area contributed by atoms with Crippen LogP contribution in [0.4, 0.5) is 0 Å². The van der Waals surface area contributed by atoms with Gasteiger partial charge in [0.25, 0.3) is 11.8 Å². The third kappa shape index (κ3) is 3.37. The average Bonchev–Trinajstić information content (AvgIpc) is 3.21. The van der Waals surface area contributed by atoms with Gasteiger partial charge in [0.15, 0.2) is 0 Å². The van der Waals surface area contributed by atoms with Gasteiger partial charge in [0.1, 0.15) is 11.5 Å². The molecular weight excluding hydrogens is 370 g/mol. The summed E-state index contributed by atoms with van der Waals surface area (Å²) in [5, 5.41) is 2.84. The molecule has 3 amide bonds. The second-order valence-corrected chi connectivity index (χ2v) is 7.17. The zero-order valence-corrected chi connectivity index (χ0v) is 16.3. The van der Waals surface area contributed by atoms with E-state index in [0.717, 1.165) is 21.8 Å². The molecule has 0 aliphatic carbocycles. The van der Waals surface area contributed by atoms with Crippen LogP contribution < -0.4 is 5.32 Å². The number of benzene rings is 1. The van der Waals surface area contributed by atoms with Crippen LogP contribution in [0.3, 0.4) is 0 Å². The van der Waals surface area contributed by atoms with Crippen LogP contribution in [0.15, 0.2) is 42.6 Å². The Morgan fingerprint density at radius 2 is 1.90 bits per heavy atom. The highest BCUT2D eigenvalue weighted by atomic mass is 16.2. The number of imidazole rings is 1. The van der Waals surface area contributed by atoms with Crippen LogP contribution in [-0.4, -0.2) is 43.7 Å². The summed E-state index contributed by atoms with van der Waals surface area (Å²) in [6.07, 6.45) is 1.49. The molecule has 0 saturated heterocycles. The number of hydrogen-bond donors (Lipinski definition) is 1. The maximum atomic E-state index is 12.3. The van der Waals surface area contributed by atoms with Gasteiger partial charge in [-0.15, -0.1) is 0 Å². The Bertz CT molecular complexity index is 1080. The first-order valence-electron chi connectivity index (χ1n) is 9.51. The van der Waals surface area contributed by atoms with Crippen LogP contribution in [0.2, 0.25) is 0 Å². The Labute approximate surface area is 167 Å². The average molecular weight is 391 g/mol. The summed E-state index contributed by atoms with van der Waals surface area (Å²) < 4.78 is 2.09. The molecule has 8 heteroatoms. The van der Waals surface area contributed by atoms with Gasteiger partial charge in [0.05, 0.1) is 23.1 Å². The summed E-state index contributed by atoms with van der Waals surface area (Å²) in [6, 6.07) is 11.2. The molecule has 0 radical (unpaired) electrons. The molecule has 2 aromatic heterocycles. The molecule has 3 heterocycles. The van der Waals surface area contributed by atoms with Crippen molar-refractivity contribution in [3.8, 4) is 0 Å². The molecule has 1 N–H and O–H groups in total. The van der Waals surface area contributed by atoms with E-state index in [1.165, 1.54) is 6.20 Å². The van der Waals surface area contributed by atoms with Crippen molar-refractivity contribution in [2.75, 3.05) is 6.54 Å². The van der Waals surface area contributed by atoms with E-state index in [4.69, 9.17) is 0 Å². The number of aromatic nitrogens is 3. The maximum Gasteiger partial charge on any atom is 0.280 e. The highest BCUT2D eigenvalue weighted by Crippen LogP contribution is 2.22. The Morgan fingerprint density at radius 3 is 2.66 bits per heavy atom. The van der Waals surface area contributed by atoms with Gasteiger partial charge in [-0.25, -0.2) is 4.98 Å². The van der Waals surface area contributed by atoms with Crippen molar-refractivity contribution in [1.82, 2.24) is 24.8 Å². The summed E-state index contributed by atoms with van der Waals surface area (Å²) in [6.45, 7) is 4.42. The van der Waals surface area contributed by atoms with Gasteiger partial charge in [0, 0.05) is 25.2 Å². The standard InChI is InChI=1S/C21H21N5O3/c1-13(2)26-16-8-4-3-7-15(16)24-17(26)12-23-18(27)9-11-25-20(28)14-6-5-10-22-19(14)21(25)29/h3-8,10,13H,9,11-12H2,1-2H3,(H,23,27). The van der Waals surface area contributed by atoms with E-state index in [1.807, 2.05) is 24.3 Å². The minimum atomic E-state index is -0.458. The Kier molecular flexibility index (Phi) is 4.84. The van der Waals surface area contributed by atoms with Crippen LogP contribution in [0.1, 0.15) is 53.0 Å². The molecule has 0 saturated carbocycles. The smallest absolute Gasteiger partial charge is 0.280 e. The first kappa shape index (κ1) is 18.8. The largest absolute Gasteiger partial charge is 0.349 e. The topological polar surface area (TPSA) is 97.2 Å². The zero-order chi connectivity index (χ0) is 20.5. The summed E-state index contributed by atoms with van der Waals surface area (Å²) in [5.74, 6) is -0.358. The Balaban J connectivity index is 1.39. The quantitative estimate of drug-likeness (QED) is 0.651. The molecule has 0 unspecified atom stereocenters. The van der Waals surface area contributed by atoms with Gasteiger partial charge < -0.3 is 9.88 Å². The second kappa shape index (κ2) is 7.46. The molecule has 1 aliphatic heterocycles. The van der Waals surface area contributed by atoms with Crippen molar-refractivity contribution in [3.05, 3.63) is 59.7 Å². The van der Waals surface area contributed by atoms with Crippen molar-refractivity contribution in [2.45, 2.75) is 32.9 Å². The lowest BCUT2D eigenvalue weighted by Gasteiger charge is -2.15. The van der Waals surface area contributed by atoms with Crippen LogP contribution in [0.5, 0.6) is 0 Å². The fourth-order valence-electron chi connectivity index (χ4n) is 3.59. The summed E-state index contributed by atoms with van der Waals surface area (Å²) in [4.78, 5) is 46.6. The van der Waals surface area contributed by atoms with Gasteiger partial charge >= 0.3 is 0 Å². The van der Waals surface area contributed by atoms with Crippen LogP contribution in [0.25, 0.3) is 11.0 Å². The van der Waals surface area contributed by atoms with Crippen LogP contribution >= 0.6 is 0 Å². The van der Waals surface area contributed by atoms with Crippen molar-refractivity contribution >= 4 is 28.8 Å². The molecule has 29 heavy (non-hydrogen) atoms. The number of rotatable bonds is 6. The van der Waals surface area contributed by atoms with Crippen LogP contribution in [-0.2, 0) is 11.3 Å². The summed E-state index contributed by atoms with van der Waals surface area (Å²) >= 11 is 0. The summed E-state index contributed by atoms with van der Waals surface area (Å²) in [5.41, 5.74) is 2.32. The molecule has 0 atom stereocenters. The van der Waals surface area contributed by atoms with Crippen molar-refractivity contribution in [2.24, 2.45) is 0 Å². The van der Waals surface area contributed by atoms with E-state index in [1.54, 1.807) is 12.1 Å². The lowest BCUT2D eigenvalue weighted by molar-refractivity contribution is -0.121. The fourth-order valence-corrected chi connectivity index (χ4v) is 3.59.